The highest BCUT2D eigenvalue weighted by Crippen LogP contribution is 2.54. The summed E-state index contributed by atoms with van der Waals surface area (Å²) in [5, 5.41) is 0.314. The number of hydrogen-bond donors (Lipinski definition) is 1. The Kier molecular flexibility index (Phi) is 3.95. The van der Waals surface area contributed by atoms with Crippen LogP contribution >= 0.6 is 0 Å². The van der Waals surface area contributed by atoms with E-state index in [0.717, 1.165) is 0 Å². The molecule has 0 radical (unpaired) electrons. The zero-order valence-electron chi connectivity index (χ0n) is 7.48. The van der Waals surface area contributed by atoms with Gasteiger partial charge < -0.3 is 0 Å². The van der Waals surface area contributed by atoms with E-state index in [-0.39, 0.29) is 0 Å². The highest BCUT2D eigenvalue weighted by atomic mass is 32.2. The maximum Gasteiger partial charge on any atom is 0.460 e. The molecule has 0 fully saturated rings. The standard InChI is InChI=1S/C4HF9O4S/c5-1(6,3(9,10)11)2(7,8)4(12,13)18(15,16)17-14/h14H. The predicted octanol–water partition coefficient (Wildman–Crippen LogP) is 2.23. The van der Waals surface area contributed by atoms with Gasteiger partial charge in [-0.3, -0.25) is 0 Å². The summed E-state index contributed by atoms with van der Waals surface area (Å²) in [5.74, 6) is -14.8. The lowest BCUT2D eigenvalue weighted by Gasteiger charge is -2.31. The van der Waals surface area contributed by atoms with Gasteiger partial charge in [0.15, 0.2) is 0 Å². The molecule has 0 aliphatic heterocycles. The maximum absolute atomic E-state index is 12.4. The molecule has 0 bridgehead atoms. The fraction of sp³-hybridized carbons (Fsp3) is 1.00. The van der Waals surface area contributed by atoms with Crippen LogP contribution in [0.1, 0.15) is 0 Å². The topological polar surface area (TPSA) is 63.6 Å². The third-order valence-electron chi connectivity index (χ3n) is 1.53. The third kappa shape index (κ3) is 2.11. The molecule has 110 valence electrons. The van der Waals surface area contributed by atoms with Gasteiger partial charge in [-0.05, 0) is 0 Å². The summed E-state index contributed by atoms with van der Waals surface area (Å²) in [6.45, 7) is 0. The van der Waals surface area contributed by atoms with Crippen molar-refractivity contribution in [2.75, 3.05) is 0 Å². The third-order valence-corrected chi connectivity index (χ3v) is 2.61. The molecule has 0 atom stereocenters. The monoisotopic (exact) mass is 316 g/mol. The molecule has 0 spiro atoms. The van der Waals surface area contributed by atoms with E-state index >= 15 is 0 Å². The predicted molar refractivity (Wildman–Crippen MR) is 33.5 cm³/mol. The fourth-order valence-corrected chi connectivity index (χ4v) is 1.10. The molecule has 0 unspecified atom stereocenters. The molecule has 0 heterocycles. The molecule has 0 aromatic heterocycles. The van der Waals surface area contributed by atoms with Crippen LogP contribution in [0.25, 0.3) is 0 Å². The van der Waals surface area contributed by atoms with E-state index < -0.39 is 33.4 Å². The van der Waals surface area contributed by atoms with Gasteiger partial charge in [0.2, 0.25) is 0 Å². The number of hydrogen-bond acceptors (Lipinski definition) is 4. The van der Waals surface area contributed by atoms with Crippen molar-refractivity contribution in [3.8, 4) is 0 Å². The largest absolute Gasteiger partial charge is 0.460 e. The van der Waals surface area contributed by atoms with Gasteiger partial charge in [-0.2, -0.15) is 47.9 Å². The summed E-state index contributed by atoms with van der Waals surface area (Å²) in [5.41, 5.74) is 0. The Morgan fingerprint density at radius 3 is 1.33 bits per heavy atom. The minimum Gasteiger partial charge on any atom is -0.235 e. The minimum absolute atomic E-state index is 1.84. The maximum atomic E-state index is 12.4. The molecule has 0 aliphatic carbocycles. The molecule has 0 rings (SSSR count). The highest BCUT2D eigenvalue weighted by molar-refractivity contribution is 7.87. The van der Waals surface area contributed by atoms with Crippen LogP contribution in [0.4, 0.5) is 39.5 Å². The lowest BCUT2D eigenvalue weighted by molar-refractivity contribution is -0.383. The Labute approximate surface area is 92.0 Å². The van der Waals surface area contributed by atoms with Crippen molar-refractivity contribution >= 4 is 10.1 Å². The van der Waals surface area contributed by atoms with Crippen molar-refractivity contribution in [3.63, 3.8) is 0 Å². The summed E-state index contributed by atoms with van der Waals surface area (Å²) >= 11 is 0. The highest BCUT2D eigenvalue weighted by Gasteiger charge is 2.86. The zero-order chi connectivity index (χ0) is 15.2. The van der Waals surface area contributed by atoms with E-state index in [9.17, 15) is 47.9 Å². The molecule has 4 nitrogen and oxygen atoms in total. The second-order valence-corrected chi connectivity index (χ2v) is 4.26. The molecule has 18 heavy (non-hydrogen) atoms. The Morgan fingerprint density at radius 2 is 1.11 bits per heavy atom. The summed E-state index contributed by atoms with van der Waals surface area (Å²) in [4.78, 5) is 0. The van der Waals surface area contributed by atoms with Crippen LogP contribution in [0, 0.1) is 0 Å². The smallest absolute Gasteiger partial charge is 0.235 e. The Morgan fingerprint density at radius 1 is 0.778 bits per heavy atom. The Bertz CT molecular complexity index is 409. The normalized spacial score (nSPS) is 15.9. The van der Waals surface area contributed by atoms with E-state index in [2.05, 4.69) is 0 Å². The van der Waals surface area contributed by atoms with Crippen molar-refractivity contribution in [1.82, 2.24) is 0 Å². The van der Waals surface area contributed by atoms with Crippen LogP contribution in [0.15, 0.2) is 0 Å². The summed E-state index contributed by atoms with van der Waals surface area (Å²) in [7, 11) is -7.11. The van der Waals surface area contributed by atoms with E-state index in [1.165, 1.54) is 0 Å². The first-order valence-corrected chi connectivity index (χ1v) is 4.75. The van der Waals surface area contributed by atoms with Crippen molar-refractivity contribution in [2.24, 2.45) is 0 Å². The van der Waals surface area contributed by atoms with Gasteiger partial charge in [0.25, 0.3) is 0 Å². The van der Waals surface area contributed by atoms with Gasteiger partial charge in [-0.15, -0.1) is 4.33 Å². The van der Waals surface area contributed by atoms with Gasteiger partial charge in [0.05, 0.1) is 0 Å². The fourth-order valence-electron chi connectivity index (χ4n) is 0.565. The van der Waals surface area contributed by atoms with E-state index in [1.807, 2.05) is 4.33 Å². The van der Waals surface area contributed by atoms with Crippen molar-refractivity contribution in [1.29, 1.82) is 0 Å². The molecule has 0 amide bonds. The average Bonchev–Trinajstić information content (AvgIpc) is 2.15. The minimum atomic E-state index is -7.40. The molecular formula is C4HF9O4S. The van der Waals surface area contributed by atoms with E-state index in [0.29, 0.717) is 0 Å². The molecule has 0 aromatic rings. The van der Waals surface area contributed by atoms with Gasteiger partial charge in [0.1, 0.15) is 0 Å². The quantitative estimate of drug-likeness (QED) is 0.491. The second kappa shape index (κ2) is 4.12. The molecule has 14 heteroatoms. The first-order valence-electron chi connectivity index (χ1n) is 3.34. The van der Waals surface area contributed by atoms with Gasteiger partial charge >= 0.3 is 33.4 Å². The van der Waals surface area contributed by atoms with Crippen molar-refractivity contribution in [2.45, 2.75) is 23.3 Å². The van der Waals surface area contributed by atoms with Crippen LogP contribution in [-0.4, -0.2) is 37.0 Å². The Hall–Kier alpha value is -0.760. The SMILES string of the molecule is O=S(=O)(OO)C(F)(F)C(F)(F)C(F)(F)C(F)(F)F. The average molecular weight is 316 g/mol. The molecule has 0 saturated heterocycles. The second-order valence-electron chi connectivity index (χ2n) is 2.69. The van der Waals surface area contributed by atoms with Crippen LogP contribution in [-0.2, 0) is 14.5 Å². The summed E-state index contributed by atoms with van der Waals surface area (Å²) in [6.07, 6.45) is -7.16. The van der Waals surface area contributed by atoms with E-state index in [4.69, 9.17) is 5.26 Å². The van der Waals surface area contributed by atoms with Crippen LogP contribution in [0.2, 0.25) is 0 Å². The molecule has 0 aliphatic rings. The molecule has 0 aromatic carbocycles. The van der Waals surface area contributed by atoms with Crippen LogP contribution < -0.4 is 0 Å². The van der Waals surface area contributed by atoms with E-state index in [1.54, 1.807) is 0 Å². The summed E-state index contributed by atoms with van der Waals surface area (Å²) < 4.78 is 130. The molecule has 0 saturated carbocycles. The first kappa shape index (κ1) is 17.2. The number of halogens is 9. The van der Waals surface area contributed by atoms with Crippen molar-refractivity contribution in [3.05, 3.63) is 0 Å². The van der Waals surface area contributed by atoms with Crippen LogP contribution in [0.5, 0.6) is 0 Å². The Balaban J connectivity index is 5.96. The lowest BCUT2D eigenvalue weighted by atomic mass is 10.1. The molecular weight excluding hydrogens is 315 g/mol. The zero-order valence-corrected chi connectivity index (χ0v) is 8.30. The number of alkyl halides is 9. The van der Waals surface area contributed by atoms with Crippen LogP contribution in [0.3, 0.4) is 0 Å². The van der Waals surface area contributed by atoms with Gasteiger partial charge in [-0.25, -0.2) is 5.26 Å². The lowest BCUT2D eigenvalue weighted by Crippen LogP contribution is -2.63. The van der Waals surface area contributed by atoms with Gasteiger partial charge in [0, 0.05) is 0 Å². The molecule has 1 N–H and O–H groups in total. The summed E-state index contributed by atoms with van der Waals surface area (Å²) in [6, 6.07) is 0. The first-order chi connectivity index (χ1) is 7.56. The number of rotatable bonds is 4. The van der Waals surface area contributed by atoms with Gasteiger partial charge in [-0.1, -0.05) is 0 Å². The van der Waals surface area contributed by atoms with Crippen molar-refractivity contribution < 1.29 is 57.5 Å².